The van der Waals surface area contributed by atoms with Crippen molar-refractivity contribution in [3.63, 3.8) is 0 Å². The Kier molecular flexibility index (Phi) is 5.76. The van der Waals surface area contributed by atoms with Crippen molar-refractivity contribution in [1.82, 2.24) is 5.43 Å². The molecule has 2 N–H and O–H groups in total. The number of nitrogens with one attached hydrogen (secondary N) is 2. The third-order valence-corrected chi connectivity index (χ3v) is 5.38. The van der Waals surface area contributed by atoms with Gasteiger partial charge in [-0.15, -0.1) is 11.3 Å². The maximum Gasteiger partial charge on any atom is 0.329 e. The number of carbonyl (C=O) groups is 2. The molecule has 2 aromatic rings. The molecule has 3 rings (SSSR count). The first-order chi connectivity index (χ1) is 13.5. The number of hydrogen-bond donors (Lipinski definition) is 2. The van der Waals surface area contributed by atoms with Crippen molar-refractivity contribution in [2.75, 3.05) is 5.32 Å². The molecule has 0 aliphatic heterocycles. The van der Waals surface area contributed by atoms with Gasteiger partial charge in [0.1, 0.15) is 11.1 Å². The maximum absolute atomic E-state index is 12.1. The Morgan fingerprint density at radius 1 is 1.29 bits per heavy atom. The lowest BCUT2D eigenvalue weighted by molar-refractivity contribution is -0.384. The number of rotatable bonds is 4. The van der Waals surface area contributed by atoms with Crippen LogP contribution in [0.15, 0.2) is 29.4 Å². The summed E-state index contributed by atoms with van der Waals surface area (Å²) in [6, 6.07) is 7.77. The average molecular weight is 397 g/mol. The highest BCUT2D eigenvalue weighted by molar-refractivity contribution is 7.16. The summed E-state index contributed by atoms with van der Waals surface area (Å²) in [5.41, 5.74) is 3.73. The predicted octanol–water partition coefficient (Wildman–Crippen LogP) is 2.50. The fraction of sp³-hybridized carbons (Fsp3) is 0.222. The van der Waals surface area contributed by atoms with Gasteiger partial charge in [-0.05, 0) is 31.2 Å². The Hall–Kier alpha value is -3.58. The number of benzene rings is 1. The second-order valence-corrected chi connectivity index (χ2v) is 7.14. The molecule has 0 unspecified atom stereocenters. The van der Waals surface area contributed by atoms with Gasteiger partial charge in [0.25, 0.3) is 5.69 Å². The summed E-state index contributed by atoms with van der Waals surface area (Å²) in [6.45, 7) is 0. The van der Waals surface area contributed by atoms with E-state index >= 15 is 0 Å². The Morgan fingerprint density at radius 2 is 2.07 bits per heavy atom. The van der Waals surface area contributed by atoms with Gasteiger partial charge < -0.3 is 5.32 Å². The summed E-state index contributed by atoms with van der Waals surface area (Å²) in [4.78, 5) is 35.3. The number of carbonyl (C=O) groups excluding carboxylic acids is 2. The van der Waals surface area contributed by atoms with Crippen molar-refractivity contribution < 1.29 is 14.5 Å². The van der Waals surface area contributed by atoms with Crippen molar-refractivity contribution in [1.29, 1.82) is 5.26 Å². The van der Waals surface area contributed by atoms with Gasteiger partial charge in [0, 0.05) is 22.6 Å². The number of nitro benzene ring substituents is 1. The Bertz CT molecular complexity index is 1020. The SMILES string of the molecule is N#Cc1c(NC(=O)C(=O)N/N=C\c2cccc([N+](=O)[O-])c2)sc2c1CCCC2. The van der Waals surface area contributed by atoms with Crippen LogP contribution in [0, 0.1) is 21.4 Å². The minimum absolute atomic E-state index is 0.112. The van der Waals surface area contributed by atoms with Crippen molar-refractivity contribution in [3.05, 3.63) is 55.9 Å². The van der Waals surface area contributed by atoms with Gasteiger partial charge in [-0.2, -0.15) is 10.4 Å². The topological polar surface area (TPSA) is 137 Å². The summed E-state index contributed by atoms with van der Waals surface area (Å²) < 4.78 is 0. The van der Waals surface area contributed by atoms with Crippen LogP contribution in [0.25, 0.3) is 0 Å². The highest BCUT2D eigenvalue weighted by Crippen LogP contribution is 2.37. The molecule has 0 bridgehead atoms. The van der Waals surface area contributed by atoms with Crippen LogP contribution in [0.2, 0.25) is 0 Å². The number of nitriles is 1. The summed E-state index contributed by atoms with van der Waals surface area (Å²) >= 11 is 1.32. The van der Waals surface area contributed by atoms with Crippen LogP contribution in [0.1, 0.15) is 34.4 Å². The highest BCUT2D eigenvalue weighted by atomic mass is 32.1. The molecule has 1 aromatic carbocycles. The van der Waals surface area contributed by atoms with Gasteiger partial charge in [0.15, 0.2) is 0 Å². The van der Waals surface area contributed by atoms with Crippen molar-refractivity contribution in [2.45, 2.75) is 25.7 Å². The molecule has 1 aliphatic rings. The van der Waals surface area contributed by atoms with Crippen LogP contribution in [0.4, 0.5) is 10.7 Å². The number of nitro groups is 1. The van der Waals surface area contributed by atoms with Gasteiger partial charge in [-0.25, -0.2) is 5.43 Å². The quantitative estimate of drug-likeness (QED) is 0.353. The third kappa shape index (κ3) is 4.21. The molecule has 1 aliphatic carbocycles. The van der Waals surface area contributed by atoms with Crippen molar-refractivity contribution >= 4 is 40.1 Å². The summed E-state index contributed by atoms with van der Waals surface area (Å²) in [6.07, 6.45) is 4.90. The molecular formula is C18H15N5O4S. The van der Waals surface area contributed by atoms with E-state index in [1.165, 1.54) is 35.8 Å². The van der Waals surface area contributed by atoms with E-state index in [1.54, 1.807) is 6.07 Å². The standard InChI is InChI=1S/C18H15N5O4S/c19-9-14-13-6-1-2-7-15(13)28-18(14)21-16(24)17(25)22-20-10-11-4-3-5-12(8-11)23(26)27/h3-5,8,10H,1-2,6-7H2,(H,21,24)(H,22,25)/b20-10-. The molecule has 2 amide bonds. The van der Waals surface area contributed by atoms with Crippen LogP contribution in [-0.4, -0.2) is 23.0 Å². The van der Waals surface area contributed by atoms with E-state index in [-0.39, 0.29) is 5.69 Å². The van der Waals surface area contributed by atoms with Crippen LogP contribution < -0.4 is 10.7 Å². The number of thiophene rings is 1. The predicted molar refractivity (Wildman–Crippen MR) is 103 cm³/mol. The van der Waals surface area contributed by atoms with Crippen LogP contribution >= 0.6 is 11.3 Å². The summed E-state index contributed by atoms with van der Waals surface area (Å²) in [7, 11) is 0. The van der Waals surface area contributed by atoms with Gasteiger partial charge in [-0.3, -0.25) is 19.7 Å². The van der Waals surface area contributed by atoms with E-state index in [1.807, 2.05) is 0 Å². The molecule has 28 heavy (non-hydrogen) atoms. The lowest BCUT2D eigenvalue weighted by atomic mass is 9.96. The summed E-state index contributed by atoms with van der Waals surface area (Å²) in [5, 5.41) is 26.6. The van der Waals surface area contributed by atoms with E-state index in [0.717, 1.165) is 36.1 Å². The first kappa shape index (κ1) is 19.2. The molecule has 142 valence electrons. The Balaban J connectivity index is 1.63. The number of amides is 2. The molecule has 0 radical (unpaired) electrons. The molecule has 9 nitrogen and oxygen atoms in total. The van der Waals surface area contributed by atoms with Gasteiger partial charge >= 0.3 is 11.8 Å². The van der Waals surface area contributed by atoms with Gasteiger partial charge in [0.05, 0.1) is 16.7 Å². The molecule has 0 saturated carbocycles. The Morgan fingerprint density at radius 3 is 2.82 bits per heavy atom. The zero-order valence-corrected chi connectivity index (χ0v) is 15.4. The number of hydrazone groups is 1. The monoisotopic (exact) mass is 397 g/mol. The number of anilines is 1. The molecule has 0 spiro atoms. The van der Waals surface area contributed by atoms with E-state index in [4.69, 9.17) is 0 Å². The van der Waals surface area contributed by atoms with E-state index < -0.39 is 16.7 Å². The van der Waals surface area contributed by atoms with Crippen molar-refractivity contribution in [3.8, 4) is 6.07 Å². The molecule has 0 saturated heterocycles. The second-order valence-electron chi connectivity index (χ2n) is 6.03. The lowest BCUT2D eigenvalue weighted by Gasteiger charge is -2.09. The number of fused-ring (bicyclic) bond motifs is 1. The molecule has 0 atom stereocenters. The molecule has 0 fully saturated rings. The largest absolute Gasteiger partial charge is 0.329 e. The first-order valence-corrected chi connectivity index (χ1v) is 9.24. The third-order valence-electron chi connectivity index (χ3n) is 4.18. The van der Waals surface area contributed by atoms with Crippen LogP contribution in [0.5, 0.6) is 0 Å². The normalized spacial score (nSPS) is 12.8. The zero-order valence-electron chi connectivity index (χ0n) is 14.6. The minimum Gasteiger partial charge on any atom is -0.308 e. The number of nitrogens with zero attached hydrogens (tertiary/aromatic N) is 3. The second kappa shape index (κ2) is 8.41. The number of hydrogen-bond acceptors (Lipinski definition) is 7. The maximum atomic E-state index is 12.1. The molecule has 10 heteroatoms. The van der Waals surface area contributed by atoms with E-state index in [2.05, 4.69) is 21.9 Å². The lowest BCUT2D eigenvalue weighted by Crippen LogP contribution is -2.32. The summed E-state index contributed by atoms with van der Waals surface area (Å²) in [5.74, 6) is -1.94. The van der Waals surface area contributed by atoms with E-state index in [0.29, 0.717) is 16.1 Å². The van der Waals surface area contributed by atoms with Gasteiger partial charge in [-0.1, -0.05) is 12.1 Å². The van der Waals surface area contributed by atoms with Crippen LogP contribution in [-0.2, 0) is 22.4 Å². The van der Waals surface area contributed by atoms with E-state index in [9.17, 15) is 25.0 Å². The van der Waals surface area contributed by atoms with Crippen molar-refractivity contribution in [2.24, 2.45) is 5.10 Å². The smallest absolute Gasteiger partial charge is 0.308 e. The highest BCUT2D eigenvalue weighted by Gasteiger charge is 2.23. The molecular weight excluding hydrogens is 382 g/mol. The fourth-order valence-electron chi connectivity index (χ4n) is 2.87. The number of aryl methyl sites for hydroxylation is 1. The number of non-ortho nitro benzene ring substituents is 1. The minimum atomic E-state index is -1.00. The molecule has 1 aromatic heterocycles. The Labute approximate surface area is 163 Å². The average Bonchev–Trinajstić information content (AvgIpc) is 3.04. The first-order valence-electron chi connectivity index (χ1n) is 8.43. The van der Waals surface area contributed by atoms with Gasteiger partial charge in [0.2, 0.25) is 0 Å². The fourth-order valence-corrected chi connectivity index (χ4v) is 4.10. The zero-order chi connectivity index (χ0) is 20.1. The van der Waals surface area contributed by atoms with Crippen LogP contribution in [0.3, 0.4) is 0 Å². The molecule has 1 heterocycles.